The average Bonchev–Trinajstić information content (AvgIpc) is 2.47. The maximum atomic E-state index is 3.67. The van der Waals surface area contributed by atoms with Gasteiger partial charge in [-0.2, -0.15) is 0 Å². The van der Waals surface area contributed by atoms with Gasteiger partial charge in [0.15, 0.2) is 0 Å². The van der Waals surface area contributed by atoms with Crippen molar-refractivity contribution in [1.29, 1.82) is 0 Å². The molecule has 0 unspecified atom stereocenters. The molecule has 3 aliphatic heterocycles. The number of benzene rings is 2. The van der Waals surface area contributed by atoms with E-state index in [-0.39, 0.29) is 0 Å². The summed E-state index contributed by atoms with van der Waals surface area (Å²) in [5, 5.41) is 6.33. The van der Waals surface area contributed by atoms with E-state index in [2.05, 4.69) is 64.8 Å². The van der Waals surface area contributed by atoms with Crippen LogP contribution in [0.1, 0.15) is 12.8 Å². The van der Waals surface area contributed by atoms with E-state index in [0.29, 0.717) is 12.1 Å². The number of hydrogen-bond donors (Lipinski definition) is 1. The van der Waals surface area contributed by atoms with Crippen LogP contribution in [-0.4, -0.2) is 25.2 Å². The number of hydrogen-bond acceptors (Lipinski definition) is 2. The Morgan fingerprint density at radius 3 is 2.75 bits per heavy atom. The van der Waals surface area contributed by atoms with Crippen molar-refractivity contribution in [3.8, 4) is 0 Å². The summed E-state index contributed by atoms with van der Waals surface area (Å²) in [6.45, 7) is 2.22. The lowest BCUT2D eigenvalue weighted by Gasteiger charge is -2.42. The Balaban J connectivity index is 1.72. The predicted molar refractivity (Wildman–Crippen MR) is 85.2 cm³/mol. The first kappa shape index (κ1) is 12.0. The van der Waals surface area contributed by atoms with Crippen molar-refractivity contribution in [1.82, 2.24) is 5.32 Å². The van der Waals surface area contributed by atoms with Gasteiger partial charge in [-0.25, -0.2) is 0 Å². The van der Waals surface area contributed by atoms with Crippen LogP contribution in [0.3, 0.4) is 0 Å². The second-order valence-electron chi connectivity index (χ2n) is 5.89. The first-order valence-corrected chi connectivity index (χ1v) is 7.54. The summed E-state index contributed by atoms with van der Waals surface area (Å²) in [6.07, 6.45) is 6.98. The van der Waals surface area contributed by atoms with Gasteiger partial charge in [0.05, 0.1) is 0 Å². The maximum absolute atomic E-state index is 3.67. The van der Waals surface area contributed by atoms with Crippen molar-refractivity contribution in [3.63, 3.8) is 0 Å². The van der Waals surface area contributed by atoms with Crippen molar-refractivity contribution in [2.75, 3.05) is 18.0 Å². The Morgan fingerprint density at radius 2 is 1.80 bits per heavy atom. The molecule has 2 heteroatoms. The fourth-order valence-electron chi connectivity index (χ4n) is 3.42. The van der Waals surface area contributed by atoms with Crippen LogP contribution in [0.25, 0.3) is 10.8 Å². The second-order valence-corrected chi connectivity index (χ2v) is 5.89. The molecular formula is C18H20N2. The summed E-state index contributed by atoms with van der Waals surface area (Å²) in [4.78, 5) is 2.59. The minimum Gasteiger partial charge on any atom is -0.365 e. The van der Waals surface area contributed by atoms with Gasteiger partial charge < -0.3 is 10.2 Å². The van der Waals surface area contributed by atoms with E-state index in [1.54, 1.807) is 0 Å². The highest BCUT2D eigenvalue weighted by atomic mass is 15.2. The zero-order valence-corrected chi connectivity index (χ0v) is 11.6. The van der Waals surface area contributed by atoms with Gasteiger partial charge in [0.1, 0.15) is 0 Å². The maximum Gasteiger partial charge on any atom is 0.0449 e. The third-order valence-corrected chi connectivity index (χ3v) is 4.56. The Bertz CT molecular complexity index is 647. The van der Waals surface area contributed by atoms with Gasteiger partial charge >= 0.3 is 0 Å². The predicted octanol–water partition coefficient (Wildman–Crippen LogP) is 3.34. The molecule has 0 spiro atoms. The van der Waals surface area contributed by atoms with Crippen molar-refractivity contribution < 1.29 is 0 Å². The summed E-state index contributed by atoms with van der Waals surface area (Å²) >= 11 is 0. The summed E-state index contributed by atoms with van der Waals surface area (Å²) < 4.78 is 0. The Kier molecular flexibility index (Phi) is 2.96. The molecule has 0 saturated carbocycles. The number of nitrogens with one attached hydrogen (secondary N) is 1. The van der Waals surface area contributed by atoms with Gasteiger partial charge in [0, 0.05) is 30.9 Å². The Morgan fingerprint density at radius 1 is 0.950 bits per heavy atom. The average molecular weight is 264 g/mol. The van der Waals surface area contributed by atoms with Crippen molar-refractivity contribution in [3.05, 3.63) is 54.6 Å². The van der Waals surface area contributed by atoms with Crippen LogP contribution < -0.4 is 10.2 Å². The first-order chi connectivity index (χ1) is 9.90. The molecule has 1 saturated heterocycles. The molecule has 3 heterocycles. The molecule has 3 aliphatic rings. The summed E-state index contributed by atoms with van der Waals surface area (Å²) in [6, 6.07) is 16.7. The molecule has 0 radical (unpaired) electrons. The van der Waals surface area contributed by atoms with Crippen LogP contribution in [0.5, 0.6) is 0 Å². The van der Waals surface area contributed by atoms with E-state index in [4.69, 9.17) is 0 Å². The molecule has 1 N–H and O–H groups in total. The lowest BCUT2D eigenvalue weighted by molar-refractivity contribution is 0.386. The summed E-state index contributed by atoms with van der Waals surface area (Å²) in [5.41, 5.74) is 1.37. The number of nitrogens with zero attached hydrogens (tertiary/aromatic N) is 1. The zero-order chi connectivity index (χ0) is 13.4. The molecule has 102 valence electrons. The number of rotatable bonds is 1. The normalized spacial score (nSPS) is 27.3. The molecule has 2 aromatic rings. The molecule has 2 aromatic carbocycles. The largest absolute Gasteiger partial charge is 0.365 e. The van der Waals surface area contributed by atoms with E-state index in [9.17, 15) is 0 Å². The van der Waals surface area contributed by atoms with E-state index >= 15 is 0 Å². The monoisotopic (exact) mass is 264 g/mol. The van der Waals surface area contributed by atoms with E-state index in [0.717, 1.165) is 25.9 Å². The molecule has 5 rings (SSSR count). The summed E-state index contributed by atoms with van der Waals surface area (Å²) in [7, 11) is 0. The van der Waals surface area contributed by atoms with Crippen molar-refractivity contribution >= 4 is 16.5 Å². The van der Waals surface area contributed by atoms with E-state index in [1.807, 2.05) is 0 Å². The highest BCUT2D eigenvalue weighted by molar-refractivity contribution is 5.86. The molecule has 2 bridgehead atoms. The lowest BCUT2D eigenvalue weighted by Crippen LogP contribution is -2.57. The van der Waals surface area contributed by atoms with Crippen molar-refractivity contribution in [2.24, 2.45) is 0 Å². The van der Waals surface area contributed by atoms with Gasteiger partial charge in [-0.05, 0) is 35.7 Å². The number of anilines is 1. The fourth-order valence-corrected chi connectivity index (χ4v) is 3.42. The fraction of sp³-hybridized carbons (Fsp3) is 0.333. The summed E-state index contributed by atoms with van der Waals surface area (Å²) in [5.74, 6) is 0. The van der Waals surface area contributed by atoms with E-state index in [1.165, 1.54) is 16.5 Å². The third kappa shape index (κ3) is 2.10. The molecule has 2 atom stereocenters. The van der Waals surface area contributed by atoms with Gasteiger partial charge in [-0.3, -0.25) is 0 Å². The highest BCUT2D eigenvalue weighted by Crippen LogP contribution is 2.27. The Hall–Kier alpha value is -1.80. The van der Waals surface area contributed by atoms with Gasteiger partial charge in [0.2, 0.25) is 0 Å². The Labute approximate surface area is 120 Å². The first-order valence-electron chi connectivity index (χ1n) is 7.54. The van der Waals surface area contributed by atoms with Gasteiger partial charge in [-0.15, -0.1) is 0 Å². The molecule has 0 aromatic heterocycles. The zero-order valence-electron chi connectivity index (χ0n) is 11.6. The molecule has 20 heavy (non-hydrogen) atoms. The van der Waals surface area contributed by atoms with Crippen LogP contribution in [0, 0.1) is 0 Å². The van der Waals surface area contributed by atoms with Crippen LogP contribution >= 0.6 is 0 Å². The quantitative estimate of drug-likeness (QED) is 0.795. The topological polar surface area (TPSA) is 15.3 Å². The lowest BCUT2D eigenvalue weighted by atomic mass is 9.98. The highest BCUT2D eigenvalue weighted by Gasteiger charge is 2.28. The number of piperazine rings is 1. The second kappa shape index (κ2) is 4.95. The number of fused-ring (bicyclic) bond motifs is 5. The minimum atomic E-state index is 0.587. The minimum absolute atomic E-state index is 0.587. The van der Waals surface area contributed by atoms with Crippen molar-refractivity contribution in [2.45, 2.75) is 24.9 Å². The molecule has 1 fully saturated rings. The van der Waals surface area contributed by atoms with Crippen LogP contribution in [0.4, 0.5) is 5.69 Å². The smallest absolute Gasteiger partial charge is 0.0449 e. The van der Waals surface area contributed by atoms with E-state index < -0.39 is 0 Å². The SMILES string of the molecule is C1=C\C[C@@H]2CN[C@H](C/1)CN2c1ccc2ccccc2c1. The molecule has 0 amide bonds. The molecule has 2 nitrogen and oxygen atoms in total. The van der Waals surface area contributed by atoms with Crippen LogP contribution in [-0.2, 0) is 0 Å². The standard InChI is InChI=1S/C18H20N2/c1-2-6-15-11-17(10-9-14(15)5-1)20-13-16-7-3-4-8-18(20)12-19-16/h1-6,9-11,16,18-19H,7-8,12-13H2/b4-3-/t16-,18-/m1/s1. The molecule has 0 aliphatic carbocycles. The van der Waals surface area contributed by atoms with Gasteiger partial charge in [0.25, 0.3) is 0 Å². The van der Waals surface area contributed by atoms with Crippen LogP contribution in [0.15, 0.2) is 54.6 Å². The third-order valence-electron chi connectivity index (χ3n) is 4.56. The van der Waals surface area contributed by atoms with Crippen LogP contribution in [0.2, 0.25) is 0 Å². The van der Waals surface area contributed by atoms with Gasteiger partial charge in [-0.1, -0.05) is 42.5 Å². The molecular weight excluding hydrogens is 244 g/mol.